The van der Waals surface area contributed by atoms with Gasteiger partial charge in [0.05, 0.1) is 0 Å². The molecule has 0 aliphatic heterocycles. The number of hydrogen-bond acceptors (Lipinski definition) is 0. The molecule has 2 aliphatic rings. The molecule has 4 aromatic carbocycles. The average molecular weight is 727 g/mol. The van der Waals surface area contributed by atoms with Crippen LogP contribution in [0.25, 0.3) is 11.1 Å². The van der Waals surface area contributed by atoms with Crippen molar-refractivity contribution in [3.05, 3.63) is 145 Å². The Morgan fingerprint density at radius 1 is 0.609 bits per heavy atom. The van der Waals surface area contributed by atoms with Gasteiger partial charge in [0.15, 0.2) is 0 Å². The molecule has 0 unspecified atom stereocenters. The van der Waals surface area contributed by atoms with Crippen LogP contribution in [-0.2, 0) is 43.9 Å². The van der Waals surface area contributed by atoms with Crippen LogP contribution >= 0.6 is 0 Å². The van der Waals surface area contributed by atoms with Crippen molar-refractivity contribution in [2.24, 2.45) is 0 Å². The van der Waals surface area contributed by atoms with E-state index in [-0.39, 0.29) is 41.1 Å². The summed E-state index contributed by atoms with van der Waals surface area (Å²) in [7, 11) is 0. The van der Waals surface area contributed by atoms with Crippen LogP contribution in [0.3, 0.4) is 0 Å². The summed E-state index contributed by atoms with van der Waals surface area (Å²) >= 11 is -2.77. The zero-order chi connectivity index (χ0) is 31.4. The number of halogens is 2. The molecule has 0 radical (unpaired) electrons. The summed E-state index contributed by atoms with van der Waals surface area (Å²) in [5.41, 5.74) is 13.5. The molecular formula is C43H48Cl2Zr. The van der Waals surface area contributed by atoms with E-state index in [2.05, 4.69) is 165 Å². The smallest absolute Gasteiger partial charge is 1.00 e. The van der Waals surface area contributed by atoms with E-state index >= 15 is 0 Å². The SMILES string of the molecule is CC(C)(C)c1ccc(/[C](c2ccccc2)=[Zr+2](/[C]2=CC=CC2)[c]2c(C(C)(C)C)ccc3c2Cc2cc(C(C)(C)C)ccc2-3)cc1.[Cl-].[Cl-]. The second kappa shape index (κ2) is 13.7. The Balaban J connectivity index is 0.00000240. The first-order chi connectivity index (χ1) is 20.7. The Bertz CT molecular complexity index is 1820. The Labute approximate surface area is 298 Å². The molecule has 6 rings (SSSR count). The molecule has 46 heavy (non-hydrogen) atoms. The fourth-order valence-electron chi connectivity index (χ4n) is 6.93. The van der Waals surface area contributed by atoms with Crippen molar-refractivity contribution in [1.82, 2.24) is 0 Å². The molecule has 238 valence electrons. The first-order valence-electron chi connectivity index (χ1n) is 16.3. The minimum Gasteiger partial charge on any atom is -1.00 e. The summed E-state index contributed by atoms with van der Waals surface area (Å²) in [4.78, 5) is 0. The van der Waals surface area contributed by atoms with Crippen LogP contribution in [0, 0.1) is 0 Å². The van der Waals surface area contributed by atoms with Gasteiger partial charge in [0, 0.05) is 0 Å². The first kappa shape index (κ1) is 36.5. The molecule has 0 fully saturated rings. The van der Waals surface area contributed by atoms with Gasteiger partial charge < -0.3 is 24.8 Å². The van der Waals surface area contributed by atoms with E-state index in [4.69, 9.17) is 0 Å². The van der Waals surface area contributed by atoms with Crippen LogP contribution < -0.4 is 28.1 Å². The number of hydrogen-bond donors (Lipinski definition) is 0. The summed E-state index contributed by atoms with van der Waals surface area (Å²) in [6.45, 7) is 21.2. The fraction of sp³-hybridized carbons (Fsp3) is 0.326. The van der Waals surface area contributed by atoms with E-state index in [9.17, 15) is 0 Å². The molecule has 3 heteroatoms. The molecule has 0 heterocycles. The maximum absolute atomic E-state index is 2.77. The second-order valence-corrected chi connectivity index (χ2v) is 21.7. The van der Waals surface area contributed by atoms with E-state index in [1.54, 1.807) is 20.9 Å². The Morgan fingerprint density at radius 2 is 1.20 bits per heavy atom. The van der Waals surface area contributed by atoms with Gasteiger partial charge in [0.2, 0.25) is 0 Å². The first-order valence-corrected chi connectivity index (χ1v) is 20.0. The van der Waals surface area contributed by atoms with Crippen LogP contribution in [0.15, 0.2) is 106 Å². The summed E-state index contributed by atoms with van der Waals surface area (Å²) < 4.78 is 4.99. The quantitative estimate of drug-likeness (QED) is 0.256. The number of benzene rings is 4. The maximum atomic E-state index is 2.50. The molecule has 0 saturated heterocycles. The van der Waals surface area contributed by atoms with Gasteiger partial charge in [-0.15, -0.1) is 0 Å². The van der Waals surface area contributed by atoms with E-state index in [1.807, 2.05) is 0 Å². The molecule has 0 aromatic heterocycles. The van der Waals surface area contributed by atoms with Gasteiger partial charge in [-0.05, 0) is 0 Å². The number of allylic oxidation sites excluding steroid dienone is 4. The normalized spacial score (nSPS) is 14.1. The van der Waals surface area contributed by atoms with Gasteiger partial charge in [0.1, 0.15) is 0 Å². The largest absolute Gasteiger partial charge is 1.00 e. The number of rotatable bonds is 4. The van der Waals surface area contributed by atoms with Crippen molar-refractivity contribution >= 4 is 6.48 Å². The van der Waals surface area contributed by atoms with Crippen LogP contribution in [-0.4, -0.2) is 3.21 Å². The molecule has 0 bridgehead atoms. The summed E-state index contributed by atoms with van der Waals surface area (Å²) in [6.07, 6.45) is 9.27. The average Bonchev–Trinajstić information content (AvgIpc) is 3.62. The van der Waals surface area contributed by atoms with Crippen molar-refractivity contribution in [3.8, 4) is 11.1 Å². The Kier molecular flexibility index (Phi) is 10.9. The van der Waals surface area contributed by atoms with Crippen LogP contribution in [0.2, 0.25) is 0 Å². The van der Waals surface area contributed by atoms with Gasteiger partial charge in [-0.25, -0.2) is 0 Å². The summed E-state index contributed by atoms with van der Waals surface area (Å²) in [6, 6.07) is 33.2. The molecular weight excluding hydrogens is 679 g/mol. The summed E-state index contributed by atoms with van der Waals surface area (Å²) in [5, 5.41) is 0. The van der Waals surface area contributed by atoms with Gasteiger partial charge in [0.25, 0.3) is 0 Å². The fourth-order valence-corrected chi connectivity index (χ4v) is 15.9. The molecule has 0 atom stereocenters. The molecule has 0 nitrogen and oxygen atoms in total. The van der Waals surface area contributed by atoms with Gasteiger partial charge >= 0.3 is 276 Å². The van der Waals surface area contributed by atoms with Gasteiger partial charge in [-0.1, -0.05) is 0 Å². The van der Waals surface area contributed by atoms with Crippen molar-refractivity contribution in [3.63, 3.8) is 0 Å². The van der Waals surface area contributed by atoms with Crippen molar-refractivity contribution in [2.75, 3.05) is 0 Å². The van der Waals surface area contributed by atoms with Crippen LogP contribution in [0.4, 0.5) is 0 Å². The van der Waals surface area contributed by atoms with E-state index in [0.29, 0.717) is 0 Å². The molecule has 0 amide bonds. The minimum atomic E-state index is -2.77. The molecule has 2 aliphatic carbocycles. The van der Waals surface area contributed by atoms with E-state index < -0.39 is 21.3 Å². The third-order valence-electron chi connectivity index (χ3n) is 9.44. The minimum absolute atomic E-state index is 0. The molecule has 0 N–H and O–H groups in total. The molecule has 0 saturated carbocycles. The second-order valence-electron chi connectivity index (χ2n) is 15.8. The predicted octanol–water partition coefficient (Wildman–Crippen LogP) is 4.51. The van der Waals surface area contributed by atoms with Crippen LogP contribution in [0.5, 0.6) is 0 Å². The third kappa shape index (κ3) is 7.09. The Morgan fingerprint density at radius 3 is 1.76 bits per heavy atom. The summed E-state index contributed by atoms with van der Waals surface area (Å²) in [5.74, 6) is 0. The molecule has 4 aromatic rings. The van der Waals surface area contributed by atoms with Crippen molar-refractivity contribution in [2.45, 2.75) is 91.4 Å². The third-order valence-corrected chi connectivity index (χ3v) is 17.2. The van der Waals surface area contributed by atoms with E-state index in [0.717, 1.165) is 12.8 Å². The number of fused-ring (bicyclic) bond motifs is 3. The standard InChI is InChI=1S/C21H25.C17H18.C5H5.2ClH.Zr/c1-20(2,3)16-7-9-18-14(12-16)11-15-13-17(21(4,5)6)8-10-19(15)18;1-17(2,3)16-11-9-15(10-12-16)13-14-7-5-4-6-8-14;1-2-4-5-3-1;;;/h7-10,12H,11H2,1-6H3;4-12H,1-3H3;1-3H,4H2;2*1H;/q;;;;;+2/p-2. The van der Waals surface area contributed by atoms with Crippen molar-refractivity contribution in [1.29, 1.82) is 0 Å². The van der Waals surface area contributed by atoms with Gasteiger partial charge in [-0.3, -0.25) is 0 Å². The zero-order valence-corrected chi connectivity index (χ0v) is 33.0. The molecule has 0 spiro atoms. The van der Waals surface area contributed by atoms with E-state index in [1.165, 1.54) is 38.9 Å². The Hall–Kier alpha value is -2.31. The topological polar surface area (TPSA) is 0 Å². The maximum Gasteiger partial charge on any atom is -1.00 e. The van der Waals surface area contributed by atoms with Crippen LogP contribution in [0.1, 0.15) is 108 Å². The zero-order valence-electron chi connectivity index (χ0n) is 29.0. The van der Waals surface area contributed by atoms with Gasteiger partial charge in [-0.2, -0.15) is 0 Å². The monoisotopic (exact) mass is 724 g/mol. The predicted molar refractivity (Wildman–Crippen MR) is 188 cm³/mol. The van der Waals surface area contributed by atoms with Crippen molar-refractivity contribution < 1.29 is 46.1 Å².